The molecule has 0 saturated heterocycles. The predicted molar refractivity (Wildman–Crippen MR) is 90.4 cm³/mol. The van der Waals surface area contributed by atoms with Crippen LogP contribution in [0.25, 0.3) is 11.1 Å². The van der Waals surface area contributed by atoms with E-state index in [0.29, 0.717) is 0 Å². The maximum atomic E-state index is 5.36. The minimum absolute atomic E-state index is 0.895. The third-order valence-corrected chi connectivity index (χ3v) is 4.88. The van der Waals surface area contributed by atoms with E-state index >= 15 is 0 Å². The topological polar surface area (TPSA) is 18.5 Å². The third-order valence-electron chi connectivity index (χ3n) is 2.66. The number of rotatable bonds is 3. The van der Waals surface area contributed by atoms with Gasteiger partial charge in [-0.2, -0.15) is 0 Å². The molecular weight excluding hydrogens is 454 g/mol. The number of methoxy groups -OCH3 is 2. The van der Waals surface area contributed by atoms with Gasteiger partial charge in [0.05, 0.1) is 21.4 Å². The number of halogens is 2. The van der Waals surface area contributed by atoms with Crippen LogP contribution in [0.5, 0.6) is 11.5 Å². The summed E-state index contributed by atoms with van der Waals surface area (Å²) in [4.78, 5) is 0. The summed E-state index contributed by atoms with van der Waals surface area (Å²) in [5, 5.41) is 0. The highest BCUT2D eigenvalue weighted by atomic mass is 127. The van der Waals surface area contributed by atoms with Crippen molar-refractivity contribution in [3.8, 4) is 22.6 Å². The van der Waals surface area contributed by atoms with Crippen LogP contribution in [0.1, 0.15) is 0 Å². The van der Waals surface area contributed by atoms with E-state index in [1.165, 1.54) is 11.1 Å². The van der Waals surface area contributed by atoms with Crippen LogP contribution < -0.4 is 9.47 Å². The fourth-order valence-electron chi connectivity index (χ4n) is 1.75. The lowest BCUT2D eigenvalue weighted by Gasteiger charge is -2.12. The number of benzene rings is 2. The van der Waals surface area contributed by atoms with E-state index in [4.69, 9.17) is 9.47 Å². The molecule has 0 fully saturated rings. The molecule has 0 aliphatic rings. The summed E-state index contributed by atoms with van der Waals surface area (Å²) in [6.45, 7) is 0. The zero-order valence-electron chi connectivity index (χ0n) is 10.0. The van der Waals surface area contributed by atoms with E-state index in [-0.39, 0.29) is 0 Å². The van der Waals surface area contributed by atoms with Crippen molar-refractivity contribution in [3.63, 3.8) is 0 Å². The van der Waals surface area contributed by atoms with Gasteiger partial charge in [0.1, 0.15) is 11.5 Å². The number of ether oxygens (including phenoxy) is 2. The van der Waals surface area contributed by atoms with Crippen LogP contribution in [0.3, 0.4) is 0 Å². The van der Waals surface area contributed by atoms with Crippen molar-refractivity contribution in [3.05, 3.63) is 43.5 Å². The molecule has 2 aromatic rings. The molecule has 2 rings (SSSR count). The van der Waals surface area contributed by atoms with Gasteiger partial charge in [-0.1, -0.05) is 24.3 Å². The van der Waals surface area contributed by atoms with Crippen LogP contribution >= 0.6 is 45.2 Å². The minimum Gasteiger partial charge on any atom is -0.496 e. The van der Waals surface area contributed by atoms with E-state index < -0.39 is 0 Å². The molecule has 0 heterocycles. The van der Waals surface area contributed by atoms with E-state index in [1.807, 2.05) is 24.3 Å². The smallest absolute Gasteiger partial charge is 0.132 e. The van der Waals surface area contributed by atoms with Crippen LogP contribution in [-0.2, 0) is 0 Å². The van der Waals surface area contributed by atoms with Gasteiger partial charge in [0, 0.05) is 0 Å². The summed E-state index contributed by atoms with van der Waals surface area (Å²) in [6, 6.07) is 12.1. The monoisotopic (exact) mass is 466 g/mol. The summed E-state index contributed by atoms with van der Waals surface area (Å²) >= 11 is 4.63. The molecule has 2 nitrogen and oxygen atoms in total. The summed E-state index contributed by atoms with van der Waals surface area (Å²) in [6.07, 6.45) is 0. The lowest BCUT2D eigenvalue weighted by molar-refractivity contribution is 0.411. The SMILES string of the molecule is COc1cccc(-c2cccc(OC)c2I)c1I. The van der Waals surface area contributed by atoms with E-state index in [1.54, 1.807) is 14.2 Å². The van der Waals surface area contributed by atoms with Crippen LogP contribution in [0.4, 0.5) is 0 Å². The predicted octanol–water partition coefficient (Wildman–Crippen LogP) is 4.58. The minimum atomic E-state index is 0.895. The van der Waals surface area contributed by atoms with Crippen LogP contribution in [0.15, 0.2) is 36.4 Å². The second-order valence-electron chi connectivity index (χ2n) is 3.64. The largest absolute Gasteiger partial charge is 0.496 e. The van der Waals surface area contributed by atoms with Crippen molar-refractivity contribution in [2.45, 2.75) is 0 Å². The van der Waals surface area contributed by atoms with Gasteiger partial charge in [0.2, 0.25) is 0 Å². The molecule has 0 saturated carbocycles. The summed E-state index contributed by atoms with van der Waals surface area (Å²) in [7, 11) is 3.38. The molecule has 0 atom stereocenters. The molecule has 0 aromatic heterocycles. The van der Waals surface area contributed by atoms with Crippen LogP contribution in [0.2, 0.25) is 0 Å². The molecule has 0 amide bonds. The van der Waals surface area contributed by atoms with E-state index in [9.17, 15) is 0 Å². The van der Waals surface area contributed by atoms with Gasteiger partial charge in [0.25, 0.3) is 0 Å². The molecule has 0 radical (unpaired) electrons. The van der Waals surface area contributed by atoms with Gasteiger partial charge in [-0.3, -0.25) is 0 Å². The van der Waals surface area contributed by atoms with Gasteiger partial charge >= 0.3 is 0 Å². The fraction of sp³-hybridized carbons (Fsp3) is 0.143. The van der Waals surface area contributed by atoms with E-state index in [2.05, 4.69) is 57.3 Å². The Balaban J connectivity index is 2.62. The first-order chi connectivity index (χ1) is 8.69. The fourth-order valence-corrected chi connectivity index (χ4v) is 3.49. The van der Waals surface area contributed by atoms with Gasteiger partial charge < -0.3 is 9.47 Å². The summed E-state index contributed by atoms with van der Waals surface area (Å²) in [5.74, 6) is 1.79. The van der Waals surface area contributed by atoms with Crippen molar-refractivity contribution >= 4 is 45.2 Å². The highest BCUT2D eigenvalue weighted by molar-refractivity contribution is 14.1. The lowest BCUT2D eigenvalue weighted by atomic mass is 10.1. The molecule has 18 heavy (non-hydrogen) atoms. The second-order valence-corrected chi connectivity index (χ2v) is 5.80. The Labute approximate surface area is 134 Å². The van der Waals surface area contributed by atoms with Gasteiger partial charge in [-0.25, -0.2) is 0 Å². The standard InChI is InChI=1S/C14H12I2O2/c1-17-11-7-3-5-9(13(11)15)10-6-4-8-12(18-2)14(10)16/h3-8H,1-2H3. The molecule has 0 spiro atoms. The summed E-state index contributed by atoms with van der Waals surface area (Å²) in [5.41, 5.74) is 2.33. The lowest BCUT2D eigenvalue weighted by Crippen LogP contribution is -1.93. The average molecular weight is 466 g/mol. The molecule has 0 aliphatic heterocycles. The molecule has 0 unspecified atom stereocenters. The molecule has 94 valence electrons. The Bertz CT molecular complexity index is 516. The van der Waals surface area contributed by atoms with Crippen molar-refractivity contribution in [2.75, 3.05) is 14.2 Å². The zero-order valence-corrected chi connectivity index (χ0v) is 14.4. The number of hydrogen-bond acceptors (Lipinski definition) is 2. The van der Waals surface area contributed by atoms with Crippen molar-refractivity contribution in [1.82, 2.24) is 0 Å². The van der Waals surface area contributed by atoms with Gasteiger partial charge in [0.15, 0.2) is 0 Å². The van der Waals surface area contributed by atoms with Crippen LogP contribution in [-0.4, -0.2) is 14.2 Å². The Kier molecular flexibility index (Phi) is 4.71. The van der Waals surface area contributed by atoms with E-state index in [0.717, 1.165) is 18.6 Å². The molecular formula is C14H12I2O2. The average Bonchev–Trinajstić information content (AvgIpc) is 2.40. The first-order valence-corrected chi connectivity index (χ1v) is 7.50. The Morgan fingerprint density at radius 2 is 1.11 bits per heavy atom. The molecule has 0 N–H and O–H groups in total. The zero-order chi connectivity index (χ0) is 13.1. The summed E-state index contributed by atoms with van der Waals surface area (Å²) < 4.78 is 13.0. The Morgan fingerprint density at radius 1 is 0.722 bits per heavy atom. The molecule has 0 bridgehead atoms. The van der Waals surface area contributed by atoms with Crippen LogP contribution in [0, 0.1) is 7.14 Å². The van der Waals surface area contributed by atoms with Crippen molar-refractivity contribution in [2.24, 2.45) is 0 Å². The highest BCUT2D eigenvalue weighted by Crippen LogP contribution is 2.37. The quantitative estimate of drug-likeness (QED) is 0.618. The Hall–Kier alpha value is -0.500. The molecule has 0 aliphatic carbocycles. The maximum Gasteiger partial charge on any atom is 0.132 e. The molecule has 2 aromatic carbocycles. The first-order valence-electron chi connectivity index (χ1n) is 5.34. The number of hydrogen-bond donors (Lipinski definition) is 0. The molecule has 4 heteroatoms. The Morgan fingerprint density at radius 3 is 1.44 bits per heavy atom. The van der Waals surface area contributed by atoms with Gasteiger partial charge in [-0.05, 0) is 68.4 Å². The maximum absolute atomic E-state index is 5.36. The normalized spacial score (nSPS) is 10.2. The van der Waals surface area contributed by atoms with Gasteiger partial charge in [-0.15, -0.1) is 0 Å². The van der Waals surface area contributed by atoms with Crippen molar-refractivity contribution in [1.29, 1.82) is 0 Å². The third kappa shape index (κ3) is 2.59. The first kappa shape index (κ1) is 13.9. The second kappa shape index (κ2) is 6.10. The highest BCUT2D eigenvalue weighted by Gasteiger charge is 2.13. The van der Waals surface area contributed by atoms with Crippen molar-refractivity contribution < 1.29 is 9.47 Å².